The van der Waals surface area contributed by atoms with Gasteiger partial charge in [-0.05, 0) is 17.7 Å². The van der Waals surface area contributed by atoms with Gasteiger partial charge in [0.15, 0.2) is 10.1 Å². The van der Waals surface area contributed by atoms with Crippen molar-refractivity contribution in [2.45, 2.75) is 6.54 Å². The van der Waals surface area contributed by atoms with Crippen LogP contribution in [0.25, 0.3) is 11.0 Å². The van der Waals surface area contributed by atoms with Crippen molar-refractivity contribution in [3.63, 3.8) is 0 Å². The number of pyridine rings is 1. The van der Waals surface area contributed by atoms with Gasteiger partial charge in [-0.15, -0.1) is 11.3 Å². The quantitative estimate of drug-likeness (QED) is 0.752. The first-order valence-electron chi connectivity index (χ1n) is 6.20. The van der Waals surface area contributed by atoms with Crippen LogP contribution in [0.4, 0.5) is 0 Å². The van der Waals surface area contributed by atoms with Gasteiger partial charge in [-0.25, -0.2) is 4.98 Å². The Hall–Kier alpha value is -2.18. The number of rotatable bonds is 4. The smallest absolute Gasteiger partial charge is 0.244 e. The molecule has 106 valence electrons. The van der Waals surface area contributed by atoms with E-state index in [0.717, 1.165) is 10.5 Å². The summed E-state index contributed by atoms with van der Waals surface area (Å²) in [6, 6.07) is 3.73. The summed E-state index contributed by atoms with van der Waals surface area (Å²) in [4.78, 5) is 20.8. The van der Waals surface area contributed by atoms with E-state index in [2.05, 4.69) is 15.3 Å². The van der Waals surface area contributed by atoms with Crippen molar-refractivity contribution in [3.8, 4) is 0 Å². The first-order valence-corrected chi connectivity index (χ1v) is 7.45. The number of nitrogens with one attached hydrogen (secondary N) is 1. The predicted molar refractivity (Wildman–Crippen MR) is 83.2 cm³/mol. The van der Waals surface area contributed by atoms with Crippen molar-refractivity contribution in [2.75, 3.05) is 0 Å². The molecule has 1 N–H and O–H groups in total. The van der Waals surface area contributed by atoms with E-state index >= 15 is 0 Å². The minimum atomic E-state index is -0.194. The van der Waals surface area contributed by atoms with E-state index < -0.39 is 0 Å². The summed E-state index contributed by atoms with van der Waals surface area (Å²) in [6.45, 7) is 0.436. The predicted octanol–water partition coefficient (Wildman–Crippen LogP) is 2.77. The molecule has 0 aromatic carbocycles. The number of hydrogen-bond acceptors (Lipinski definition) is 4. The van der Waals surface area contributed by atoms with Crippen LogP contribution in [0.2, 0.25) is 5.15 Å². The molecule has 0 spiro atoms. The van der Waals surface area contributed by atoms with Gasteiger partial charge in [-0.2, -0.15) is 0 Å². The van der Waals surface area contributed by atoms with E-state index in [-0.39, 0.29) is 5.91 Å². The first-order chi connectivity index (χ1) is 10.2. The Kier molecular flexibility index (Phi) is 3.98. The molecule has 5 nitrogen and oxygen atoms in total. The second kappa shape index (κ2) is 6.07. The molecule has 3 aromatic heterocycles. The van der Waals surface area contributed by atoms with Crippen molar-refractivity contribution in [1.29, 1.82) is 0 Å². The van der Waals surface area contributed by atoms with Crippen molar-refractivity contribution in [3.05, 3.63) is 58.6 Å². The van der Waals surface area contributed by atoms with E-state index in [0.29, 0.717) is 17.4 Å². The Balaban J connectivity index is 1.67. The highest BCUT2D eigenvalue weighted by molar-refractivity contribution is 7.15. The highest BCUT2D eigenvalue weighted by Gasteiger charge is 2.08. The largest absolute Gasteiger partial charge is 0.348 e. The molecule has 7 heteroatoms. The van der Waals surface area contributed by atoms with Gasteiger partial charge in [0.2, 0.25) is 5.91 Å². The summed E-state index contributed by atoms with van der Waals surface area (Å²) in [5.41, 5.74) is 1.64. The van der Waals surface area contributed by atoms with E-state index in [1.165, 1.54) is 17.4 Å². The van der Waals surface area contributed by atoms with Gasteiger partial charge in [0.1, 0.15) is 0 Å². The van der Waals surface area contributed by atoms with Crippen LogP contribution in [0.5, 0.6) is 0 Å². The summed E-state index contributed by atoms with van der Waals surface area (Å²) in [5, 5.41) is 5.09. The fourth-order valence-electron chi connectivity index (χ4n) is 1.83. The Morgan fingerprint density at radius 3 is 3.24 bits per heavy atom. The molecule has 0 aliphatic rings. The fourth-order valence-corrected chi connectivity index (χ4v) is 2.84. The van der Waals surface area contributed by atoms with Crippen molar-refractivity contribution in [1.82, 2.24) is 19.7 Å². The first kappa shape index (κ1) is 13.8. The number of amides is 1. The number of thiazole rings is 1. The van der Waals surface area contributed by atoms with Gasteiger partial charge in [-0.1, -0.05) is 17.7 Å². The number of nitrogens with zero attached hydrogens (tertiary/aromatic N) is 3. The van der Waals surface area contributed by atoms with Crippen LogP contribution >= 0.6 is 22.9 Å². The second-order valence-corrected chi connectivity index (χ2v) is 5.49. The van der Waals surface area contributed by atoms with Gasteiger partial charge in [0.25, 0.3) is 0 Å². The van der Waals surface area contributed by atoms with Gasteiger partial charge in [0, 0.05) is 36.6 Å². The zero-order valence-corrected chi connectivity index (χ0v) is 12.4. The molecular weight excluding hydrogens is 308 g/mol. The molecule has 21 heavy (non-hydrogen) atoms. The maximum Gasteiger partial charge on any atom is 0.244 e. The Labute approximate surface area is 129 Å². The van der Waals surface area contributed by atoms with Crippen LogP contribution in [0.1, 0.15) is 11.3 Å². The molecule has 1 amide bonds. The summed E-state index contributed by atoms with van der Waals surface area (Å²) < 4.78 is 1.85. The molecule has 3 rings (SSSR count). The van der Waals surface area contributed by atoms with Gasteiger partial charge in [-0.3, -0.25) is 14.2 Å². The van der Waals surface area contributed by atoms with Crippen LogP contribution in [0, 0.1) is 0 Å². The molecular formula is C14H11ClN4OS. The van der Waals surface area contributed by atoms with Gasteiger partial charge in [0.05, 0.1) is 5.69 Å². The summed E-state index contributed by atoms with van der Waals surface area (Å²) in [5.74, 6) is -0.194. The van der Waals surface area contributed by atoms with Gasteiger partial charge >= 0.3 is 0 Å². The molecule has 0 radical (unpaired) electrons. The molecule has 0 saturated carbocycles. The highest BCUT2D eigenvalue weighted by Crippen LogP contribution is 2.22. The maximum atomic E-state index is 11.8. The molecule has 0 atom stereocenters. The molecule has 3 aromatic rings. The van der Waals surface area contributed by atoms with E-state index in [9.17, 15) is 4.79 Å². The number of carbonyl (C=O) groups excluding carboxylic acids is 1. The minimum Gasteiger partial charge on any atom is -0.348 e. The van der Waals surface area contributed by atoms with Crippen molar-refractivity contribution < 1.29 is 4.79 Å². The Morgan fingerprint density at radius 2 is 2.43 bits per heavy atom. The van der Waals surface area contributed by atoms with E-state index in [1.807, 2.05) is 28.1 Å². The standard InChI is InChI=1S/C14H11ClN4OS/c15-13-11(19-6-7-21-14(19)18-13)3-4-12(20)17-9-10-2-1-5-16-8-10/h1-8H,9H2,(H,17,20)/b4-3-. The fraction of sp³-hybridized carbons (Fsp3) is 0.0714. The lowest BCUT2D eigenvalue weighted by atomic mass is 10.3. The monoisotopic (exact) mass is 318 g/mol. The normalized spacial score (nSPS) is 11.3. The van der Waals surface area contributed by atoms with Crippen LogP contribution in [-0.2, 0) is 11.3 Å². The number of imidazole rings is 1. The second-order valence-electron chi connectivity index (χ2n) is 4.26. The molecule has 0 unspecified atom stereocenters. The zero-order chi connectivity index (χ0) is 14.7. The number of hydrogen-bond donors (Lipinski definition) is 1. The van der Waals surface area contributed by atoms with Crippen LogP contribution in [0.15, 0.2) is 42.2 Å². The van der Waals surface area contributed by atoms with Gasteiger partial charge < -0.3 is 5.32 Å². The molecule has 3 heterocycles. The SMILES string of the molecule is O=C(/C=C\c1c(Cl)nc2sccn12)NCc1cccnc1. The van der Waals surface area contributed by atoms with E-state index in [4.69, 9.17) is 11.6 Å². The molecule has 0 saturated heterocycles. The van der Waals surface area contributed by atoms with Crippen molar-refractivity contribution >= 4 is 39.9 Å². The number of fused-ring (bicyclic) bond motifs is 1. The maximum absolute atomic E-state index is 11.8. The topological polar surface area (TPSA) is 59.3 Å². The Bertz CT molecular complexity index is 794. The summed E-state index contributed by atoms with van der Waals surface area (Å²) in [6.07, 6.45) is 8.38. The summed E-state index contributed by atoms with van der Waals surface area (Å²) >= 11 is 7.54. The van der Waals surface area contributed by atoms with E-state index in [1.54, 1.807) is 18.5 Å². The zero-order valence-electron chi connectivity index (χ0n) is 10.9. The third-order valence-electron chi connectivity index (χ3n) is 2.84. The van der Waals surface area contributed by atoms with Crippen LogP contribution < -0.4 is 5.32 Å². The van der Waals surface area contributed by atoms with Crippen LogP contribution in [-0.4, -0.2) is 20.3 Å². The lowest BCUT2D eigenvalue weighted by molar-refractivity contribution is -0.116. The molecule has 0 fully saturated rings. The van der Waals surface area contributed by atoms with Crippen molar-refractivity contribution in [2.24, 2.45) is 0 Å². The minimum absolute atomic E-state index is 0.194. The molecule has 0 bridgehead atoms. The molecule has 0 aliphatic heterocycles. The lowest BCUT2D eigenvalue weighted by Crippen LogP contribution is -2.20. The number of carbonyl (C=O) groups is 1. The average molecular weight is 319 g/mol. The highest BCUT2D eigenvalue weighted by atomic mass is 35.5. The Morgan fingerprint density at radius 1 is 1.52 bits per heavy atom. The number of aromatic nitrogens is 3. The van der Waals surface area contributed by atoms with Crippen LogP contribution in [0.3, 0.4) is 0 Å². The third-order valence-corrected chi connectivity index (χ3v) is 3.87. The summed E-state index contributed by atoms with van der Waals surface area (Å²) in [7, 11) is 0. The third kappa shape index (κ3) is 3.12. The lowest BCUT2D eigenvalue weighted by Gasteiger charge is -2.01. The average Bonchev–Trinajstić information content (AvgIpc) is 3.05. The number of halogens is 1. The molecule has 0 aliphatic carbocycles.